The summed E-state index contributed by atoms with van der Waals surface area (Å²) in [7, 11) is 1.42. The van der Waals surface area contributed by atoms with Gasteiger partial charge in [-0.2, -0.15) is 0 Å². The van der Waals surface area contributed by atoms with Crippen molar-refractivity contribution in [2.75, 3.05) is 7.11 Å². The second-order valence-corrected chi connectivity index (χ2v) is 8.86. The molecule has 1 aliphatic heterocycles. The van der Waals surface area contributed by atoms with Gasteiger partial charge in [0.05, 0.1) is 13.2 Å². The molecule has 1 aromatic rings. The van der Waals surface area contributed by atoms with Crippen molar-refractivity contribution in [3.63, 3.8) is 0 Å². The van der Waals surface area contributed by atoms with Crippen LogP contribution in [0.15, 0.2) is 24.3 Å². The van der Waals surface area contributed by atoms with Crippen molar-refractivity contribution in [2.45, 2.75) is 88.8 Å². The van der Waals surface area contributed by atoms with Crippen LogP contribution in [-0.2, 0) is 20.7 Å². The summed E-state index contributed by atoms with van der Waals surface area (Å²) in [5, 5.41) is 0. The summed E-state index contributed by atoms with van der Waals surface area (Å²) >= 11 is 0. The normalized spacial score (nSPS) is 26.9. The van der Waals surface area contributed by atoms with Crippen LogP contribution in [0.25, 0.3) is 0 Å². The minimum atomic E-state index is -0.405. The number of hydrogen-bond acceptors (Lipinski definition) is 4. The predicted molar refractivity (Wildman–Crippen MR) is 111 cm³/mol. The van der Waals surface area contributed by atoms with Gasteiger partial charge in [-0.05, 0) is 75.0 Å². The summed E-state index contributed by atoms with van der Waals surface area (Å²) in [4.78, 5) is 27.3. The quantitative estimate of drug-likeness (QED) is 0.670. The number of nitrogens with zero attached hydrogens (tertiary/aromatic N) is 1. The average Bonchev–Trinajstić information content (AvgIpc) is 3.39. The number of fused-ring (bicyclic) bond motifs is 1. The monoisotopic (exact) mass is 399 g/mol. The molecular formula is C24H33NO4. The maximum absolute atomic E-state index is 13.2. The second kappa shape index (κ2) is 9.19. The van der Waals surface area contributed by atoms with Gasteiger partial charge in [0, 0.05) is 12.5 Å². The highest BCUT2D eigenvalue weighted by molar-refractivity contribution is 5.85. The van der Waals surface area contributed by atoms with Crippen LogP contribution in [0.5, 0.6) is 5.75 Å². The predicted octanol–water partition coefficient (Wildman–Crippen LogP) is 4.27. The van der Waals surface area contributed by atoms with E-state index in [0.717, 1.165) is 49.8 Å². The molecule has 0 aromatic heterocycles. The standard InChI is InChI=1S/C24H33NO4/c1-28-24(27)22-16-18-8-2-5-12-21(18)25(22)23(26)14-13-17-7-6-11-20(15-17)29-19-9-3-4-10-19/h6-7,11,15,18-19,21-22H,2-5,8-10,12-14,16H2,1H3. The number of aryl methyl sites for hydroxylation is 1. The molecule has 29 heavy (non-hydrogen) atoms. The van der Waals surface area contributed by atoms with Crippen LogP contribution in [-0.4, -0.2) is 42.1 Å². The lowest BCUT2D eigenvalue weighted by Crippen LogP contribution is -2.46. The van der Waals surface area contributed by atoms with Gasteiger partial charge < -0.3 is 14.4 Å². The lowest BCUT2D eigenvalue weighted by atomic mass is 9.84. The third-order valence-electron chi connectivity index (χ3n) is 6.98. The number of hydrogen-bond donors (Lipinski definition) is 0. The number of esters is 1. The Bertz CT molecular complexity index is 727. The van der Waals surface area contributed by atoms with Crippen molar-refractivity contribution in [1.82, 2.24) is 4.90 Å². The third-order valence-corrected chi connectivity index (χ3v) is 6.98. The van der Waals surface area contributed by atoms with Gasteiger partial charge in [-0.25, -0.2) is 4.79 Å². The van der Waals surface area contributed by atoms with Gasteiger partial charge in [0.15, 0.2) is 0 Å². The van der Waals surface area contributed by atoms with Gasteiger partial charge in [0.2, 0.25) is 5.91 Å². The lowest BCUT2D eigenvalue weighted by Gasteiger charge is -2.33. The van der Waals surface area contributed by atoms with E-state index in [1.807, 2.05) is 17.0 Å². The minimum Gasteiger partial charge on any atom is -0.490 e. The molecule has 158 valence electrons. The van der Waals surface area contributed by atoms with Crippen LogP contribution in [0, 0.1) is 5.92 Å². The van der Waals surface area contributed by atoms with Gasteiger partial charge in [-0.15, -0.1) is 0 Å². The lowest BCUT2D eigenvalue weighted by molar-refractivity contribution is -0.152. The Hall–Kier alpha value is -2.04. The zero-order valence-corrected chi connectivity index (χ0v) is 17.5. The van der Waals surface area contributed by atoms with E-state index in [1.54, 1.807) is 0 Å². The van der Waals surface area contributed by atoms with E-state index < -0.39 is 6.04 Å². The summed E-state index contributed by atoms with van der Waals surface area (Å²) < 4.78 is 11.1. The zero-order chi connectivity index (χ0) is 20.2. The van der Waals surface area contributed by atoms with E-state index in [-0.39, 0.29) is 17.9 Å². The van der Waals surface area contributed by atoms with Gasteiger partial charge in [0.1, 0.15) is 11.8 Å². The molecule has 1 aromatic carbocycles. The molecule has 0 N–H and O–H groups in total. The fourth-order valence-corrected chi connectivity index (χ4v) is 5.52. The van der Waals surface area contributed by atoms with E-state index in [0.29, 0.717) is 24.9 Å². The van der Waals surface area contributed by atoms with E-state index in [2.05, 4.69) is 12.1 Å². The smallest absolute Gasteiger partial charge is 0.328 e. The molecule has 1 heterocycles. The summed E-state index contributed by atoms with van der Waals surface area (Å²) in [6.45, 7) is 0. The molecule has 0 radical (unpaired) electrons. The SMILES string of the molecule is COC(=O)C1CC2CCCCC2N1C(=O)CCc1cccc(OC2CCCC2)c1. The molecule has 3 aliphatic rings. The van der Waals surface area contributed by atoms with Crippen LogP contribution < -0.4 is 4.74 Å². The zero-order valence-electron chi connectivity index (χ0n) is 17.5. The van der Waals surface area contributed by atoms with Crippen molar-refractivity contribution in [3.05, 3.63) is 29.8 Å². The molecule has 3 fully saturated rings. The van der Waals surface area contributed by atoms with E-state index in [1.165, 1.54) is 26.4 Å². The summed E-state index contributed by atoms with van der Waals surface area (Å²) in [6, 6.07) is 7.94. The Kier molecular flexibility index (Phi) is 6.41. The Balaban J connectivity index is 1.39. The number of carbonyl (C=O) groups excluding carboxylic acids is 2. The molecule has 2 aliphatic carbocycles. The van der Waals surface area contributed by atoms with Crippen LogP contribution >= 0.6 is 0 Å². The number of methoxy groups -OCH3 is 1. The summed E-state index contributed by atoms with van der Waals surface area (Å²) in [5.41, 5.74) is 1.11. The van der Waals surface area contributed by atoms with Gasteiger partial charge >= 0.3 is 5.97 Å². The highest BCUT2D eigenvalue weighted by atomic mass is 16.5. The van der Waals surface area contributed by atoms with Crippen molar-refractivity contribution >= 4 is 11.9 Å². The van der Waals surface area contributed by atoms with Gasteiger partial charge in [-0.3, -0.25) is 4.79 Å². The molecule has 5 heteroatoms. The maximum atomic E-state index is 13.2. The first-order chi connectivity index (χ1) is 14.2. The molecule has 0 spiro atoms. The Morgan fingerprint density at radius 3 is 2.62 bits per heavy atom. The number of carbonyl (C=O) groups is 2. The first-order valence-electron chi connectivity index (χ1n) is 11.3. The fraction of sp³-hybridized carbons (Fsp3) is 0.667. The Morgan fingerprint density at radius 1 is 1.07 bits per heavy atom. The molecule has 3 unspecified atom stereocenters. The molecule has 2 saturated carbocycles. The van der Waals surface area contributed by atoms with Crippen LogP contribution in [0.4, 0.5) is 0 Å². The molecule has 3 atom stereocenters. The number of benzene rings is 1. The number of ether oxygens (including phenoxy) is 2. The topological polar surface area (TPSA) is 55.8 Å². The molecular weight excluding hydrogens is 366 g/mol. The minimum absolute atomic E-state index is 0.0805. The van der Waals surface area contributed by atoms with Crippen LogP contribution in [0.3, 0.4) is 0 Å². The van der Waals surface area contributed by atoms with E-state index >= 15 is 0 Å². The average molecular weight is 400 g/mol. The van der Waals surface area contributed by atoms with Crippen molar-refractivity contribution in [2.24, 2.45) is 5.92 Å². The highest BCUT2D eigenvalue weighted by Gasteiger charge is 2.47. The Morgan fingerprint density at radius 2 is 1.83 bits per heavy atom. The maximum Gasteiger partial charge on any atom is 0.328 e. The number of rotatable bonds is 6. The first kappa shape index (κ1) is 20.2. The summed E-state index contributed by atoms with van der Waals surface area (Å²) in [5.74, 6) is 1.17. The first-order valence-corrected chi connectivity index (χ1v) is 11.3. The molecule has 1 saturated heterocycles. The van der Waals surface area contributed by atoms with Gasteiger partial charge in [-0.1, -0.05) is 25.0 Å². The van der Waals surface area contributed by atoms with E-state index in [4.69, 9.17) is 9.47 Å². The molecule has 5 nitrogen and oxygen atoms in total. The fourth-order valence-electron chi connectivity index (χ4n) is 5.52. The second-order valence-electron chi connectivity index (χ2n) is 8.86. The molecule has 0 bridgehead atoms. The highest BCUT2D eigenvalue weighted by Crippen LogP contribution is 2.40. The van der Waals surface area contributed by atoms with Crippen LogP contribution in [0.2, 0.25) is 0 Å². The Labute approximate surface area is 173 Å². The van der Waals surface area contributed by atoms with E-state index in [9.17, 15) is 9.59 Å². The molecule has 1 amide bonds. The largest absolute Gasteiger partial charge is 0.490 e. The number of likely N-dealkylation sites (tertiary alicyclic amines) is 1. The van der Waals surface area contributed by atoms with Crippen molar-refractivity contribution in [1.29, 1.82) is 0 Å². The third kappa shape index (κ3) is 4.59. The summed E-state index contributed by atoms with van der Waals surface area (Å²) in [6.07, 6.45) is 11.4. The number of amides is 1. The molecule has 4 rings (SSSR count). The van der Waals surface area contributed by atoms with Crippen molar-refractivity contribution in [3.8, 4) is 5.75 Å². The van der Waals surface area contributed by atoms with Gasteiger partial charge in [0.25, 0.3) is 0 Å². The van der Waals surface area contributed by atoms with Crippen LogP contribution in [0.1, 0.15) is 69.8 Å². The van der Waals surface area contributed by atoms with Crippen molar-refractivity contribution < 1.29 is 19.1 Å².